The number of nitrogens with zero attached hydrogens (tertiary/aromatic N) is 1. The maximum Gasteiger partial charge on any atom is 0.243 e. The van der Waals surface area contributed by atoms with Gasteiger partial charge in [-0.2, -0.15) is 4.31 Å². The molecule has 0 heterocycles. The summed E-state index contributed by atoms with van der Waals surface area (Å²) in [6.07, 6.45) is 0. The molecule has 6 nitrogen and oxygen atoms in total. The third kappa shape index (κ3) is 6.95. The van der Waals surface area contributed by atoms with E-state index < -0.39 is 15.9 Å². The van der Waals surface area contributed by atoms with Crippen molar-refractivity contribution < 1.29 is 17.9 Å². The smallest absolute Gasteiger partial charge is 0.243 e. The summed E-state index contributed by atoms with van der Waals surface area (Å²) < 4.78 is 33.6. The lowest BCUT2D eigenvalue weighted by Gasteiger charge is -2.22. The van der Waals surface area contributed by atoms with E-state index in [2.05, 4.69) is 5.32 Å². The number of anilines is 1. The van der Waals surface area contributed by atoms with E-state index >= 15 is 0 Å². The second-order valence-corrected chi connectivity index (χ2v) is 10.4. The van der Waals surface area contributed by atoms with Crippen molar-refractivity contribution >= 4 is 33.2 Å². The summed E-state index contributed by atoms with van der Waals surface area (Å²) in [6, 6.07) is 31.7. The average Bonchev–Trinajstić information content (AvgIpc) is 2.90. The van der Waals surface area contributed by atoms with Gasteiger partial charge in [0.05, 0.1) is 11.4 Å². The summed E-state index contributed by atoms with van der Waals surface area (Å²) in [4.78, 5) is 13.0. The lowest BCUT2D eigenvalue weighted by atomic mass is 10.2. The van der Waals surface area contributed by atoms with Crippen molar-refractivity contribution in [2.75, 3.05) is 11.9 Å². The molecule has 0 bridgehead atoms. The molecule has 0 aromatic heterocycles. The molecule has 0 aliphatic carbocycles. The minimum atomic E-state index is -3.92. The predicted octanol–water partition coefficient (Wildman–Crippen LogP) is 5.75. The molecule has 0 saturated carbocycles. The highest BCUT2D eigenvalue weighted by Crippen LogP contribution is 2.21. The summed E-state index contributed by atoms with van der Waals surface area (Å²) in [5.74, 6) is 0.203. The second kappa shape index (κ2) is 11.9. The molecule has 1 N–H and O–H groups in total. The van der Waals surface area contributed by atoms with Crippen LogP contribution in [0.4, 0.5) is 5.69 Å². The number of sulfonamides is 1. The molecule has 0 radical (unpaired) electrons. The van der Waals surface area contributed by atoms with Gasteiger partial charge in [-0.3, -0.25) is 4.79 Å². The van der Waals surface area contributed by atoms with Crippen LogP contribution in [0.15, 0.2) is 114 Å². The van der Waals surface area contributed by atoms with E-state index in [4.69, 9.17) is 16.3 Å². The van der Waals surface area contributed by atoms with Crippen LogP contribution in [-0.4, -0.2) is 25.2 Å². The van der Waals surface area contributed by atoms with Crippen LogP contribution >= 0.6 is 11.6 Å². The van der Waals surface area contributed by atoms with E-state index in [0.29, 0.717) is 28.6 Å². The van der Waals surface area contributed by atoms with Crippen molar-refractivity contribution in [3.63, 3.8) is 0 Å². The number of amides is 1. The van der Waals surface area contributed by atoms with Crippen LogP contribution in [0.25, 0.3) is 0 Å². The number of carbonyl (C=O) groups excluding carboxylic acids is 1. The largest absolute Gasteiger partial charge is 0.489 e. The van der Waals surface area contributed by atoms with Crippen molar-refractivity contribution in [3.8, 4) is 5.75 Å². The number of rotatable bonds is 10. The maximum absolute atomic E-state index is 13.3. The number of nitrogens with one attached hydrogen (secondary N) is 1. The molecule has 4 rings (SSSR count). The third-order valence-corrected chi connectivity index (χ3v) is 7.42. The van der Waals surface area contributed by atoms with Gasteiger partial charge in [0.1, 0.15) is 12.4 Å². The highest BCUT2D eigenvalue weighted by molar-refractivity contribution is 7.89. The average molecular weight is 521 g/mol. The van der Waals surface area contributed by atoms with Crippen molar-refractivity contribution in [2.45, 2.75) is 18.0 Å². The fourth-order valence-electron chi connectivity index (χ4n) is 3.50. The number of benzene rings is 4. The van der Waals surface area contributed by atoms with Crippen LogP contribution in [0, 0.1) is 0 Å². The number of hydrogen-bond donors (Lipinski definition) is 1. The highest BCUT2D eigenvalue weighted by Gasteiger charge is 2.27. The van der Waals surface area contributed by atoms with Crippen molar-refractivity contribution in [3.05, 3.63) is 125 Å². The summed E-state index contributed by atoms with van der Waals surface area (Å²) in [6.45, 7) is 0.101. The summed E-state index contributed by atoms with van der Waals surface area (Å²) in [7, 11) is -3.92. The van der Waals surface area contributed by atoms with E-state index in [-0.39, 0.29) is 18.0 Å². The Bertz CT molecular complexity index is 1380. The minimum Gasteiger partial charge on any atom is -0.489 e. The Morgan fingerprint density at radius 2 is 1.39 bits per heavy atom. The summed E-state index contributed by atoms with van der Waals surface area (Å²) in [5.41, 5.74) is 2.30. The Balaban J connectivity index is 1.44. The lowest BCUT2D eigenvalue weighted by molar-refractivity contribution is -0.116. The Morgan fingerprint density at radius 3 is 2.03 bits per heavy atom. The zero-order valence-electron chi connectivity index (χ0n) is 19.4. The van der Waals surface area contributed by atoms with E-state index in [9.17, 15) is 13.2 Å². The van der Waals surface area contributed by atoms with Gasteiger partial charge in [-0.1, -0.05) is 72.3 Å². The Hall–Kier alpha value is -3.65. The van der Waals surface area contributed by atoms with Crippen LogP contribution in [0.5, 0.6) is 5.75 Å². The topological polar surface area (TPSA) is 75.7 Å². The molecule has 1 amide bonds. The number of halogens is 1. The molecule has 0 atom stereocenters. The van der Waals surface area contributed by atoms with Crippen molar-refractivity contribution in [1.29, 1.82) is 0 Å². The first kappa shape index (κ1) is 25.4. The molecular formula is C28H25ClN2O4S. The molecule has 0 saturated heterocycles. The highest BCUT2D eigenvalue weighted by atomic mass is 35.5. The Kier molecular flexibility index (Phi) is 8.38. The molecule has 4 aromatic carbocycles. The maximum atomic E-state index is 13.3. The van der Waals surface area contributed by atoms with E-state index in [1.165, 1.54) is 12.1 Å². The molecule has 36 heavy (non-hydrogen) atoms. The van der Waals surface area contributed by atoms with Gasteiger partial charge < -0.3 is 10.1 Å². The zero-order valence-corrected chi connectivity index (χ0v) is 21.0. The fourth-order valence-corrected chi connectivity index (χ4v) is 5.03. The van der Waals surface area contributed by atoms with Gasteiger partial charge in [-0.05, 0) is 59.7 Å². The number of carbonyl (C=O) groups is 1. The Labute approximate surface area is 216 Å². The molecule has 0 fully saturated rings. The quantitative estimate of drug-likeness (QED) is 0.289. The van der Waals surface area contributed by atoms with Gasteiger partial charge in [0.2, 0.25) is 15.9 Å². The monoisotopic (exact) mass is 520 g/mol. The van der Waals surface area contributed by atoms with Crippen LogP contribution in [0.2, 0.25) is 5.02 Å². The molecular weight excluding hydrogens is 496 g/mol. The standard InChI is InChI=1S/C28H25ClN2O4S/c29-24-13-11-22(12-14-24)19-31(36(33,34)27-9-5-2-6-10-27)20-28(32)30-25-15-17-26(18-16-25)35-21-23-7-3-1-4-8-23/h1-18H,19-21H2,(H,30,32). The fraction of sp³-hybridized carbons (Fsp3) is 0.107. The molecule has 184 valence electrons. The van der Waals surface area contributed by atoms with Crippen LogP contribution in [-0.2, 0) is 28.0 Å². The first-order valence-electron chi connectivity index (χ1n) is 11.3. The summed E-state index contributed by atoms with van der Waals surface area (Å²) in [5, 5.41) is 3.32. The van der Waals surface area contributed by atoms with E-state index in [0.717, 1.165) is 9.87 Å². The van der Waals surface area contributed by atoms with Gasteiger partial charge in [0.25, 0.3) is 0 Å². The molecule has 0 aliphatic rings. The van der Waals surface area contributed by atoms with Gasteiger partial charge >= 0.3 is 0 Å². The SMILES string of the molecule is O=C(CN(Cc1ccc(Cl)cc1)S(=O)(=O)c1ccccc1)Nc1ccc(OCc2ccccc2)cc1. The molecule has 0 spiro atoms. The zero-order chi connectivity index (χ0) is 25.4. The van der Waals surface area contributed by atoms with Gasteiger partial charge in [-0.25, -0.2) is 8.42 Å². The van der Waals surface area contributed by atoms with Crippen molar-refractivity contribution in [1.82, 2.24) is 4.31 Å². The summed E-state index contributed by atoms with van der Waals surface area (Å²) >= 11 is 5.97. The molecule has 8 heteroatoms. The van der Waals surface area contributed by atoms with E-state index in [1.807, 2.05) is 30.3 Å². The van der Waals surface area contributed by atoms with Crippen LogP contribution in [0.3, 0.4) is 0 Å². The van der Waals surface area contributed by atoms with Crippen LogP contribution < -0.4 is 10.1 Å². The van der Waals surface area contributed by atoms with Gasteiger partial charge in [0, 0.05) is 17.3 Å². The number of hydrogen-bond acceptors (Lipinski definition) is 4. The minimum absolute atomic E-state index is 0.0219. The van der Waals surface area contributed by atoms with Crippen molar-refractivity contribution in [2.24, 2.45) is 0 Å². The van der Waals surface area contributed by atoms with Gasteiger partial charge in [0.15, 0.2) is 0 Å². The first-order chi connectivity index (χ1) is 17.4. The predicted molar refractivity (Wildman–Crippen MR) is 141 cm³/mol. The van der Waals surface area contributed by atoms with Gasteiger partial charge in [-0.15, -0.1) is 0 Å². The number of ether oxygens (including phenoxy) is 1. The first-order valence-corrected chi connectivity index (χ1v) is 13.1. The van der Waals surface area contributed by atoms with E-state index in [1.54, 1.807) is 66.7 Å². The lowest BCUT2D eigenvalue weighted by Crippen LogP contribution is -2.37. The molecule has 4 aromatic rings. The third-order valence-electron chi connectivity index (χ3n) is 5.36. The Morgan fingerprint density at radius 1 is 0.778 bits per heavy atom. The van der Waals surface area contributed by atoms with Crippen LogP contribution in [0.1, 0.15) is 11.1 Å². The molecule has 0 aliphatic heterocycles. The second-order valence-electron chi connectivity index (χ2n) is 8.06. The molecule has 0 unspecified atom stereocenters. The normalized spacial score (nSPS) is 11.3.